The Labute approximate surface area is 208 Å². The maximum absolute atomic E-state index is 13.8. The van der Waals surface area contributed by atoms with Crippen LogP contribution in [-0.4, -0.2) is 12.4 Å². The Morgan fingerprint density at radius 3 is 2.61 bits per heavy atom. The Balaban J connectivity index is 1.63. The van der Waals surface area contributed by atoms with E-state index in [2.05, 4.69) is 6.58 Å². The van der Waals surface area contributed by atoms with Gasteiger partial charge in [-0.1, -0.05) is 48.5 Å². The zero-order chi connectivity index (χ0) is 25.1. The average Bonchev–Trinajstić information content (AvgIpc) is 3.29. The molecule has 0 saturated heterocycles. The van der Waals surface area contributed by atoms with Gasteiger partial charge < -0.3 is 13.6 Å². The first-order valence-corrected chi connectivity index (χ1v) is 12.0. The van der Waals surface area contributed by atoms with Gasteiger partial charge in [0.05, 0.1) is 12.0 Å². The van der Waals surface area contributed by atoms with Crippen molar-refractivity contribution in [1.29, 1.82) is 0 Å². The second-order valence-electron chi connectivity index (χ2n) is 8.73. The van der Waals surface area contributed by atoms with Crippen LogP contribution in [0.2, 0.25) is 0 Å². The van der Waals surface area contributed by atoms with Crippen LogP contribution < -0.4 is 10.4 Å². The second-order valence-corrected chi connectivity index (χ2v) is 8.73. The molecule has 3 aromatic carbocycles. The van der Waals surface area contributed by atoms with Crippen molar-refractivity contribution in [1.82, 2.24) is 0 Å². The van der Waals surface area contributed by atoms with Crippen LogP contribution in [0.1, 0.15) is 40.9 Å². The molecule has 0 amide bonds. The van der Waals surface area contributed by atoms with Crippen LogP contribution in [0.3, 0.4) is 0 Å². The Bertz CT molecular complexity index is 1620. The van der Waals surface area contributed by atoms with Gasteiger partial charge in [0, 0.05) is 22.6 Å². The topological polar surface area (TPSA) is 69.7 Å². The van der Waals surface area contributed by atoms with Crippen molar-refractivity contribution in [3.63, 3.8) is 0 Å². The molecule has 0 radical (unpaired) electrons. The molecule has 180 valence electrons. The van der Waals surface area contributed by atoms with Gasteiger partial charge in [0.25, 0.3) is 0 Å². The summed E-state index contributed by atoms with van der Waals surface area (Å²) in [5.41, 5.74) is 3.10. The number of unbranched alkanes of at least 4 members (excludes halogenated alkanes) is 2. The van der Waals surface area contributed by atoms with Crippen molar-refractivity contribution in [2.75, 3.05) is 6.61 Å². The molecule has 36 heavy (non-hydrogen) atoms. The van der Waals surface area contributed by atoms with E-state index in [1.165, 1.54) is 6.07 Å². The number of hydrogen-bond acceptors (Lipinski definition) is 5. The summed E-state index contributed by atoms with van der Waals surface area (Å²) in [4.78, 5) is 26.1. The molecule has 0 unspecified atom stereocenters. The van der Waals surface area contributed by atoms with E-state index in [9.17, 15) is 9.59 Å². The van der Waals surface area contributed by atoms with Crippen molar-refractivity contribution >= 4 is 27.7 Å². The number of fused-ring (bicyclic) bond motifs is 3. The highest BCUT2D eigenvalue weighted by Gasteiger charge is 2.26. The highest BCUT2D eigenvalue weighted by atomic mass is 16.5. The summed E-state index contributed by atoms with van der Waals surface area (Å²) in [5, 5.41) is 1.41. The lowest BCUT2D eigenvalue weighted by Crippen LogP contribution is -2.03. The largest absolute Gasteiger partial charge is 0.494 e. The van der Waals surface area contributed by atoms with Crippen molar-refractivity contribution < 1.29 is 18.4 Å². The van der Waals surface area contributed by atoms with Gasteiger partial charge in [-0.3, -0.25) is 4.79 Å². The first kappa shape index (κ1) is 23.4. The van der Waals surface area contributed by atoms with E-state index in [0.717, 1.165) is 35.8 Å². The number of ether oxygens (including phenoxy) is 1. The minimum absolute atomic E-state index is 0.191. The van der Waals surface area contributed by atoms with Crippen LogP contribution >= 0.6 is 0 Å². The quantitative estimate of drug-likeness (QED) is 0.0950. The molecule has 0 aliphatic heterocycles. The van der Waals surface area contributed by atoms with Crippen molar-refractivity contribution in [2.45, 2.75) is 26.2 Å². The maximum atomic E-state index is 13.8. The molecule has 0 N–H and O–H groups in total. The monoisotopic (exact) mass is 478 g/mol. The minimum atomic E-state index is -0.446. The summed E-state index contributed by atoms with van der Waals surface area (Å²) in [6.07, 6.45) is 4.76. The smallest absolute Gasteiger partial charge is 0.336 e. The first-order valence-electron chi connectivity index (χ1n) is 12.0. The van der Waals surface area contributed by atoms with Crippen LogP contribution in [0.15, 0.2) is 99.1 Å². The van der Waals surface area contributed by atoms with E-state index < -0.39 is 5.63 Å². The molecule has 2 heterocycles. The molecular weight excluding hydrogens is 452 g/mol. The van der Waals surface area contributed by atoms with Gasteiger partial charge >= 0.3 is 5.63 Å². The summed E-state index contributed by atoms with van der Waals surface area (Å²) >= 11 is 0. The molecule has 0 bridgehead atoms. The predicted octanol–water partition coefficient (Wildman–Crippen LogP) is 7.48. The zero-order valence-corrected chi connectivity index (χ0v) is 20.1. The number of allylic oxidation sites excluding steroid dienone is 1. The van der Waals surface area contributed by atoms with Crippen LogP contribution in [0.5, 0.6) is 5.75 Å². The van der Waals surface area contributed by atoms with E-state index in [4.69, 9.17) is 13.6 Å². The molecule has 5 nitrogen and oxygen atoms in total. The summed E-state index contributed by atoms with van der Waals surface area (Å²) in [6.45, 7) is 6.17. The number of benzene rings is 3. The fraction of sp³-hybridized carbons (Fsp3) is 0.161. The molecule has 0 saturated carbocycles. The fourth-order valence-electron chi connectivity index (χ4n) is 4.44. The molecule has 0 fully saturated rings. The van der Waals surface area contributed by atoms with Gasteiger partial charge in [-0.05, 0) is 61.6 Å². The number of carbonyl (C=O) groups is 1. The van der Waals surface area contributed by atoms with Crippen LogP contribution in [0, 0.1) is 6.92 Å². The SMILES string of the molecule is C=CCCCCOc1cccc(C(=O)c2oc3ccc4c(C)cc(=O)oc4c3c2-c2ccccc2)c1. The summed E-state index contributed by atoms with van der Waals surface area (Å²) < 4.78 is 17.7. The third-order valence-corrected chi connectivity index (χ3v) is 6.21. The molecule has 0 aliphatic carbocycles. The van der Waals surface area contributed by atoms with Crippen LogP contribution in [0.25, 0.3) is 33.1 Å². The van der Waals surface area contributed by atoms with E-state index in [0.29, 0.717) is 40.0 Å². The molecular formula is C31H26O5. The summed E-state index contributed by atoms with van der Waals surface area (Å²) in [5.74, 6) is 0.546. The summed E-state index contributed by atoms with van der Waals surface area (Å²) in [6, 6.07) is 21.8. The predicted molar refractivity (Wildman–Crippen MR) is 142 cm³/mol. The molecule has 5 rings (SSSR count). The zero-order valence-electron chi connectivity index (χ0n) is 20.1. The lowest BCUT2D eigenvalue weighted by atomic mass is 9.96. The number of hydrogen-bond donors (Lipinski definition) is 0. The Kier molecular flexibility index (Phi) is 6.54. The second kappa shape index (κ2) is 10.1. The highest BCUT2D eigenvalue weighted by Crippen LogP contribution is 2.40. The van der Waals surface area contributed by atoms with E-state index in [1.807, 2.05) is 61.5 Å². The fourth-order valence-corrected chi connectivity index (χ4v) is 4.44. The average molecular weight is 479 g/mol. The molecule has 5 heteroatoms. The van der Waals surface area contributed by atoms with Gasteiger partial charge in [-0.2, -0.15) is 0 Å². The Morgan fingerprint density at radius 1 is 0.972 bits per heavy atom. The number of rotatable bonds is 9. The lowest BCUT2D eigenvalue weighted by molar-refractivity contribution is 0.101. The van der Waals surface area contributed by atoms with Gasteiger partial charge in [-0.25, -0.2) is 4.79 Å². The Hall–Kier alpha value is -4.38. The van der Waals surface area contributed by atoms with Gasteiger partial charge in [0.2, 0.25) is 5.78 Å². The molecule has 2 aromatic heterocycles. The third-order valence-electron chi connectivity index (χ3n) is 6.21. The first-order chi connectivity index (χ1) is 17.6. The Morgan fingerprint density at radius 2 is 1.81 bits per heavy atom. The molecule has 0 aliphatic rings. The lowest BCUT2D eigenvalue weighted by Gasteiger charge is -2.08. The van der Waals surface area contributed by atoms with Crippen LogP contribution in [-0.2, 0) is 0 Å². The number of ketones is 1. The van der Waals surface area contributed by atoms with E-state index in [1.54, 1.807) is 18.2 Å². The molecule has 0 spiro atoms. The van der Waals surface area contributed by atoms with Gasteiger partial charge in [0.1, 0.15) is 16.9 Å². The van der Waals surface area contributed by atoms with Crippen molar-refractivity contribution in [3.05, 3.63) is 113 Å². The molecule has 5 aromatic rings. The van der Waals surface area contributed by atoms with Crippen molar-refractivity contribution in [3.8, 4) is 16.9 Å². The van der Waals surface area contributed by atoms with E-state index in [-0.39, 0.29) is 11.5 Å². The standard InChI is InChI=1S/C31H26O5/c1-3-4-5-9-17-34-23-14-10-13-22(19-23)29(33)31-27(21-11-7-6-8-12-21)28-25(35-31)16-15-24-20(2)18-26(32)36-30(24)28/h3,6-8,10-16,18-19H,1,4-5,9,17H2,2H3. The normalized spacial score (nSPS) is 11.1. The van der Waals surface area contributed by atoms with Crippen LogP contribution in [0.4, 0.5) is 0 Å². The summed E-state index contributed by atoms with van der Waals surface area (Å²) in [7, 11) is 0. The van der Waals surface area contributed by atoms with Gasteiger partial charge in [-0.15, -0.1) is 6.58 Å². The van der Waals surface area contributed by atoms with Crippen molar-refractivity contribution in [2.24, 2.45) is 0 Å². The molecule has 0 atom stereocenters. The maximum Gasteiger partial charge on any atom is 0.336 e. The number of aryl methyl sites for hydroxylation is 1. The number of furan rings is 1. The van der Waals surface area contributed by atoms with E-state index >= 15 is 0 Å². The number of carbonyl (C=O) groups excluding carboxylic acids is 1. The minimum Gasteiger partial charge on any atom is -0.494 e. The van der Waals surface area contributed by atoms with Gasteiger partial charge in [0.15, 0.2) is 5.76 Å². The highest BCUT2D eigenvalue weighted by molar-refractivity contribution is 6.20. The third kappa shape index (κ3) is 4.48.